The van der Waals surface area contributed by atoms with Gasteiger partial charge in [0.15, 0.2) is 0 Å². The fourth-order valence-electron chi connectivity index (χ4n) is 2.31. The molecule has 23 heavy (non-hydrogen) atoms. The maximum Gasteiger partial charge on any atom is 0.237 e. The number of benzene rings is 1. The molecule has 2 aromatic heterocycles. The number of carbonyl (C=O) groups is 1. The lowest BCUT2D eigenvalue weighted by Crippen LogP contribution is -2.23. The number of para-hydroxylation sites is 1. The minimum Gasteiger partial charge on any atom is -0.325 e. The number of anilines is 1. The van der Waals surface area contributed by atoms with Crippen LogP contribution in [-0.4, -0.2) is 21.1 Å². The highest BCUT2D eigenvalue weighted by Crippen LogP contribution is 2.32. The zero-order valence-corrected chi connectivity index (χ0v) is 14.8. The predicted molar refractivity (Wildman–Crippen MR) is 97.3 cm³/mol. The van der Waals surface area contributed by atoms with Gasteiger partial charge in [-0.2, -0.15) is 0 Å². The van der Waals surface area contributed by atoms with Crippen molar-refractivity contribution in [2.24, 2.45) is 0 Å². The summed E-state index contributed by atoms with van der Waals surface area (Å²) >= 11 is 3.06. The molecule has 4 nitrogen and oxygen atoms in total. The van der Waals surface area contributed by atoms with Gasteiger partial charge in [0, 0.05) is 5.69 Å². The Kier molecular flexibility index (Phi) is 4.63. The Balaban J connectivity index is 1.77. The minimum atomic E-state index is -0.241. The van der Waals surface area contributed by atoms with Gasteiger partial charge in [0.05, 0.1) is 15.5 Å². The first-order chi connectivity index (χ1) is 11.1. The summed E-state index contributed by atoms with van der Waals surface area (Å²) in [6.07, 6.45) is 1.55. The number of amides is 1. The van der Waals surface area contributed by atoms with Gasteiger partial charge in [0.25, 0.3) is 0 Å². The first kappa shape index (κ1) is 16.0. The highest BCUT2D eigenvalue weighted by molar-refractivity contribution is 8.00. The first-order valence-corrected chi connectivity index (χ1v) is 9.04. The molecule has 3 rings (SSSR count). The van der Waals surface area contributed by atoms with Crippen molar-refractivity contribution in [3.05, 3.63) is 47.1 Å². The van der Waals surface area contributed by atoms with Crippen LogP contribution in [0.25, 0.3) is 10.2 Å². The summed E-state index contributed by atoms with van der Waals surface area (Å²) in [5, 5.41) is 5.65. The van der Waals surface area contributed by atoms with Crippen molar-refractivity contribution < 1.29 is 4.79 Å². The van der Waals surface area contributed by atoms with E-state index < -0.39 is 0 Å². The second-order valence-electron chi connectivity index (χ2n) is 5.33. The number of rotatable bonds is 4. The minimum absolute atomic E-state index is 0.0179. The third-order valence-electron chi connectivity index (χ3n) is 3.60. The number of aromatic nitrogens is 2. The second-order valence-corrected chi connectivity index (χ2v) is 7.58. The van der Waals surface area contributed by atoms with Gasteiger partial charge in [-0.25, -0.2) is 9.97 Å². The topological polar surface area (TPSA) is 54.9 Å². The molecule has 0 radical (unpaired) electrons. The third kappa shape index (κ3) is 3.38. The molecule has 1 amide bonds. The summed E-state index contributed by atoms with van der Waals surface area (Å²) in [5.41, 5.74) is 3.96. The van der Waals surface area contributed by atoms with Crippen LogP contribution in [-0.2, 0) is 4.79 Å². The molecular formula is C17H17N3OS2. The molecule has 1 N–H and O–H groups in total. The van der Waals surface area contributed by atoms with Crippen molar-refractivity contribution in [1.29, 1.82) is 0 Å². The average Bonchev–Trinajstić information content (AvgIpc) is 3.00. The summed E-state index contributed by atoms with van der Waals surface area (Å²) in [6, 6.07) is 7.96. The monoisotopic (exact) mass is 343 g/mol. The summed E-state index contributed by atoms with van der Waals surface area (Å²) in [7, 11) is 0. The second kappa shape index (κ2) is 6.68. The van der Waals surface area contributed by atoms with Crippen LogP contribution in [0.5, 0.6) is 0 Å². The van der Waals surface area contributed by atoms with Gasteiger partial charge >= 0.3 is 0 Å². The van der Waals surface area contributed by atoms with Crippen LogP contribution < -0.4 is 5.32 Å². The van der Waals surface area contributed by atoms with Gasteiger partial charge in [-0.3, -0.25) is 4.79 Å². The van der Waals surface area contributed by atoms with E-state index in [1.165, 1.54) is 11.8 Å². The Hall–Kier alpha value is -1.92. The van der Waals surface area contributed by atoms with Crippen LogP contribution in [0.15, 0.2) is 41.0 Å². The molecule has 0 fully saturated rings. The van der Waals surface area contributed by atoms with E-state index in [1.807, 2.05) is 50.4 Å². The molecule has 6 heteroatoms. The average molecular weight is 343 g/mol. The maximum atomic E-state index is 12.5. The zero-order valence-electron chi connectivity index (χ0n) is 13.2. The van der Waals surface area contributed by atoms with Crippen molar-refractivity contribution in [3.8, 4) is 0 Å². The van der Waals surface area contributed by atoms with Gasteiger partial charge < -0.3 is 5.32 Å². The molecular weight excluding hydrogens is 326 g/mol. The summed E-state index contributed by atoms with van der Waals surface area (Å²) < 4.78 is 1.03. The van der Waals surface area contributed by atoms with Crippen LogP contribution in [0.4, 0.5) is 5.69 Å². The Bertz CT molecular complexity index is 840. The van der Waals surface area contributed by atoms with E-state index >= 15 is 0 Å². The van der Waals surface area contributed by atoms with E-state index in [2.05, 4.69) is 15.3 Å². The van der Waals surface area contributed by atoms with Crippen LogP contribution in [0.3, 0.4) is 0 Å². The van der Waals surface area contributed by atoms with Crippen molar-refractivity contribution in [1.82, 2.24) is 9.97 Å². The lowest BCUT2D eigenvalue weighted by atomic mass is 10.1. The van der Waals surface area contributed by atoms with E-state index in [9.17, 15) is 4.79 Å². The molecule has 0 aliphatic carbocycles. The quantitative estimate of drug-likeness (QED) is 0.562. The molecule has 1 unspecified atom stereocenters. The molecule has 0 spiro atoms. The number of hydrogen-bond acceptors (Lipinski definition) is 5. The predicted octanol–water partition coefficient (Wildman–Crippen LogP) is 4.43. The Labute approximate surface area is 143 Å². The highest BCUT2D eigenvalue weighted by Gasteiger charge is 2.18. The van der Waals surface area contributed by atoms with Crippen LogP contribution in [0, 0.1) is 13.8 Å². The number of carbonyl (C=O) groups excluding carboxylic acids is 1. The van der Waals surface area contributed by atoms with Crippen LogP contribution in [0.1, 0.15) is 18.1 Å². The molecule has 2 heterocycles. The van der Waals surface area contributed by atoms with Gasteiger partial charge in [0.1, 0.15) is 11.4 Å². The normalized spacial score (nSPS) is 12.3. The molecule has 1 aromatic carbocycles. The molecule has 0 saturated heterocycles. The lowest BCUT2D eigenvalue weighted by Gasteiger charge is -2.15. The molecule has 118 valence electrons. The summed E-state index contributed by atoms with van der Waals surface area (Å²) in [5.74, 6) is -0.0179. The number of thioether (sulfide) groups is 1. The number of thiophene rings is 1. The third-order valence-corrected chi connectivity index (χ3v) is 5.74. The highest BCUT2D eigenvalue weighted by atomic mass is 32.2. The van der Waals surface area contributed by atoms with Crippen molar-refractivity contribution in [2.75, 3.05) is 5.32 Å². The van der Waals surface area contributed by atoms with Crippen molar-refractivity contribution >= 4 is 44.9 Å². The van der Waals surface area contributed by atoms with Gasteiger partial charge in [0.2, 0.25) is 5.91 Å². The molecule has 1 atom stereocenters. The van der Waals surface area contributed by atoms with E-state index in [0.717, 1.165) is 32.1 Å². The summed E-state index contributed by atoms with van der Waals surface area (Å²) in [4.78, 5) is 21.1. The molecule has 0 aliphatic rings. The van der Waals surface area contributed by atoms with E-state index in [4.69, 9.17) is 0 Å². The fraction of sp³-hybridized carbons (Fsp3) is 0.235. The zero-order chi connectivity index (χ0) is 16.4. The van der Waals surface area contributed by atoms with Gasteiger partial charge in [-0.15, -0.1) is 11.3 Å². The Morgan fingerprint density at radius 1 is 1.22 bits per heavy atom. The summed E-state index contributed by atoms with van der Waals surface area (Å²) in [6.45, 7) is 5.90. The smallest absolute Gasteiger partial charge is 0.237 e. The Morgan fingerprint density at radius 2 is 1.96 bits per heavy atom. The molecule has 0 bridgehead atoms. The molecule has 0 saturated carbocycles. The van der Waals surface area contributed by atoms with Crippen molar-refractivity contribution in [2.45, 2.75) is 31.0 Å². The van der Waals surface area contributed by atoms with E-state index in [-0.39, 0.29) is 11.2 Å². The molecule has 0 aliphatic heterocycles. The van der Waals surface area contributed by atoms with Gasteiger partial charge in [-0.1, -0.05) is 30.0 Å². The van der Waals surface area contributed by atoms with Crippen LogP contribution >= 0.6 is 23.1 Å². The maximum absolute atomic E-state index is 12.5. The first-order valence-electron chi connectivity index (χ1n) is 7.28. The number of hydrogen-bond donors (Lipinski definition) is 1. The van der Waals surface area contributed by atoms with Crippen LogP contribution in [0.2, 0.25) is 0 Å². The largest absolute Gasteiger partial charge is 0.325 e. The van der Waals surface area contributed by atoms with Crippen molar-refractivity contribution in [3.63, 3.8) is 0 Å². The Morgan fingerprint density at radius 3 is 2.70 bits per heavy atom. The van der Waals surface area contributed by atoms with E-state index in [0.29, 0.717) is 0 Å². The number of aryl methyl sites for hydroxylation is 2. The SMILES string of the molecule is Cc1cccc(C)c1NC(=O)C(C)Sc1ncnc2ccsc12. The number of fused-ring (bicyclic) bond motifs is 1. The number of nitrogens with zero attached hydrogens (tertiary/aromatic N) is 2. The molecule has 3 aromatic rings. The van der Waals surface area contributed by atoms with E-state index in [1.54, 1.807) is 17.7 Å². The number of nitrogens with one attached hydrogen (secondary N) is 1. The van der Waals surface area contributed by atoms with Gasteiger partial charge in [-0.05, 0) is 43.3 Å². The standard InChI is InChI=1S/C17H17N3OS2/c1-10-5-4-6-11(2)14(10)20-16(21)12(3)23-17-15-13(7-8-22-15)18-9-19-17/h4-9,12H,1-3H3,(H,20,21). The fourth-order valence-corrected chi connectivity index (χ4v) is 4.14. The lowest BCUT2D eigenvalue weighted by molar-refractivity contribution is -0.115.